The fraction of sp³-hybridized carbons (Fsp3) is 0.571. The predicted octanol–water partition coefficient (Wildman–Crippen LogP) is 5.06. The van der Waals surface area contributed by atoms with Crippen LogP contribution < -0.4 is 0 Å². The first kappa shape index (κ1) is 19.8. The summed E-state index contributed by atoms with van der Waals surface area (Å²) in [6.45, 7) is 3.97. The zero-order valence-corrected chi connectivity index (χ0v) is 17.9. The molecular weight excluding hydrogens is 392 g/mol. The maximum atomic E-state index is 12.7. The molecule has 28 heavy (non-hydrogen) atoms. The number of benzene rings is 1. The van der Waals surface area contributed by atoms with Crippen molar-refractivity contribution >= 4 is 29.3 Å². The van der Waals surface area contributed by atoms with Crippen molar-refractivity contribution in [2.45, 2.75) is 56.6 Å². The molecule has 1 aromatic heterocycles. The van der Waals surface area contributed by atoms with Crippen molar-refractivity contribution in [2.24, 2.45) is 5.92 Å². The van der Waals surface area contributed by atoms with Gasteiger partial charge in [0, 0.05) is 24.7 Å². The standard InChI is InChI=1S/C21H27ClN4OS/c1-15-7-6-12-25(13-15)19(27)14-28-21-24-23-20(17-10-4-5-11-18(17)22)26(21)16-8-2-3-9-16/h4-5,10-11,15-16H,2-3,6-9,12-14H2,1H3/t15-/m0/s1. The first-order chi connectivity index (χ1) is 13.6. The summed E-state index contributed by atoms with van der Waals surface area (Å²) in [7, 11) is 0. The van der Waals surface area contributed by atoms with E-state index in [0.717, 1.165) is 48.9 Å². The lowest BCUT2D eigenvalue weighted by Crippen LogP contribution is -2.40. The van der Waals surface area contributed by atoms with Gasteiger partial charge in [-0.15, -0.1) is 10.2 Å². The van der Waals surface area contributed by atoms with Crippen molar-refractivity contribution in [3.63, 3.8) is 0 Å². The van der Waals surface area contributed by atoms with Gasteiger partial charge in [-0.05, 0) is 43.7 Å². The molecule has 1 amide bonds. The van der Waals surface area contributed by atoms with Crippen LogP contribution in [-0.2, 0) is 4.79 Å². The van der Waals surface area contributed by atoms with Gasteiger partial charge in [-0.3, -0.25) is 9.36 Å². The summed E-state index contributed by atoms with van der Waals surface area (Å²) >= 11 is 7.95. The molecule has 0 radical (unpaired) electrons. The number of thioether (sulfide) groups is 1. The molecule has 0 N–H and O–H groups in total. The van der Waals surface area contributed by atoms with Crippen LogP contribution in [0.2, 0.25) is 5.02 Å². The lowest BCUT2D eigenvalue weighted by atomic mass is 10.0. The molecule has 2 fully saturated rings. The Labute approximate surface area is 175 Å². The minimum atomic E-state index is 0.205. The highest BCUT2D eigenvalue weighted by Crippen LogP contribution is 2.38. The van der Waals surface area contributed by atoms with Gasteiger partial charge in [-0.1, -0.05) is 55.3 Å². The largest absolute Gasteiger partial charge is 0.342 e. The van der Waals surface area contributed by atoms with Crippen molar-refractivity contribution in [3.05, 3.63) is 29.3 Å². The molecule has 2 aliphatic rings. The number of nitrogens with zero attached hydrogens (tertiary/aromatic N) is 4. The summed E-state index contributed by atoms with van der Waals surface area (Å²) in [6, 6.07) is 8.16. The summed E-state index contributed by atoms with van der Waals surface area (Å²) in [5.74, 6) is 2.03. The Balaban J connectivity index is 1.55. The van der Waals surface area contributed by atoms with E-state index in [1.807, 2.05) is 29.2 Å². The highest BCUT2D eigenvalue weighted by Gasteiger charge is 2.27. The van der Waals surface area contributed by atoms with Crippen LogP contribution in [-0.4, -0.2) is 44.4 Å². The van der Waals surface area contributed by atoms with Gasteiger partial charge in [0.1, 0.15) is 0 Å². The Bertz CT molecular complexity index is 834. The second-order valence-electron chi connectivity index (χ2n) is 7.97. The third-order valence-corrected chi connectivity index (χ3v) is 7.06. The second kappa shape index (κ2) is 8.87. The van der Waals surface area contributed by atoms with Crippen molar-refractivity contribution in [2.75, 3.05) is 18.8 Å². The molecule has 4 rings (SSSR count). The smallest absolute Gasteiger partial charge is 0.233 e. The molecule has 1 aromatic carbocycles. The van der Waals surface area contributed by atoms with Gasteiger partial charge >= 0.3 is 0 Å². The molecule has 7 heteroatoms. The Morgan fingerprint density at radius 3 is 2.71 bits per heavy atom. The van der Waals surface area contributed by atoms with Gasteiger partial charge in [-0.2, -0.15) is 0 Å². The molecule has 1 aliphatic heterocycles. The van der Waals surface area contributed by atoms with Crippen molar-refractivity contribution in [3.8, 4) is 11.4 Å². The topological polar surface area (TPSA) is 51.0 Å². The zero-order chi connectivity index (χ0) is 19.5. The maximum Gasteiger partial charge on any atom is 0.233 e. The fourth-order valence-electron chi connectivity index (χ4n) is 4.33. The van der Waals surface area contributed by atoms with Crippen molar-refractivity contribution in [1.82, 2.24) is 19.7 Å². The van der Waals surface area contributed by atoms with Crippen LogP contribution in [0.15, 0.2) is 29.4 Å². The number of halogens is 1. The van der Waals surface area contributed by atoms with E-state index in [1.54, 1.807) is 0 Å². The number of piperidine rings is 1. The number of aromatic nitrogens is 3. The van der Waals surface area contributed by atoms with Gasteiger partial charge in [0.05, 0.1) is 10.8 Å². The Morgan fingerprint density at radius 1 is 1.18 bits per heavy atom. The highest BCUT2D eigenvalue weighted by molar-refractivity contribution is 7.99. The van der Waals surface area contributed by atoms with Crippen LogP contribution in [0.3, 0.4) is 0 Å². The number of amides is 1. The van der Waals surface area contributed by atoms with Gasteiger partial charge in [0.2, 0.25) is 5.91 Å². The van der Waals surface area contributed by atoms with E-state index in [1.165, 1.54) is 31.0 Å². The van der Waals surface area contributed by atoms with Gasteiger partial charge < -0.3 is 4.90 Å². The molecule has 2 aromatic rings. The van der Waals surface area contributed by atoms with E-state index >= 15 is 0 Å². The maximum absolute atomic E-state index is 12.7. The van der Waals surface area contributed by atoms with Crippen LogP contribution in [0.25, 0.3) is 11.4 Å². The number of hydrogen-bond acceptors (Lipinski definition) is 4. The zero-order valence-electron chi connectivity index (χ0n) is 16.3. The minimum Gasteiger partial charge on any atom is -0.342 e. The van der Waals surface area contributed by atoms with Crippen molar-refractivity contribution in [1.29, 1.82) is 0 Å². The Hall–Kier alpha value is -1.53. The summed E-state index contributed by atoms with van der Waals surface area (Å²) in [4.78, 5) is 14.7. The monoisotopic (exact) mass is 418 g/mol. The highest BCUT2D eigenvalue weighted by atomic mass is 35.5. The normalized spacial score (nSPS) is 20.6. The van der Waals surface area contributed by atoms with E-state index in [-0.39, 0.29) is 5.91 Å². The van der Waals surface area contributed by atoms with Crippen LogP contribution in [0.1, 0.15) is 51.5 Å². The molecule has 1 atom stereocenters. The van der Waals surface area contributed by atoms with E-state index in [9.17, 15) is 4.79 Å². The van der Waals surface area contributed by atoms with Crippen LogP contribution in [0.4, 0.5) is 0 Å². The minimum absolute atomic E-state index is 0.205. The van der Waals surface area contributed by atoms with Gasteiger partial charge in [0.25, 0.3) is 0 Å². The van der Waals surface area contributed by atoms with E-state index < -0.39 is 0 Å². The second-order valence-corrected chi connectivity index (χ2v) is 9.32. The summed E-state index contributed by atoms with van der Waals surface area (Å²) < 4.78 is 2.23. The molecule has 0 unspecified atom stereocenters. The SMILES string of the molecule is C[C@H]1CCCN(C(=O)CSc2nnc(-c3ccccc3Cl)n2C2CCCC2)C1. The molecule has 1 aliphatic carbocycles. The average molecular weight is 419 g/mol. The Kier molecular flexibility index (Phi) is 6.26. The van der Waals surface area contributed by atoms with E-state index in [2.05, 4.69) is 21.7 Å². The number of hydrogen-bond donors (Lipinski definition) is 0. The number of likely N-dealkylation sites (tertiary alicyclic amines) is 1. The number of rotatable bonds is 5. The first-order valence-corrected chi connectivity index (χ1v) is 11.6. The van der Waals surface area contributed by atoms with Crippen LogP contribution in [0, 0.1) is 5.92 Å². The lowest BCUT2D eigenvalue weighted by Gasteiger charge is -2.30. The summed E-state index contributed by atoms with van der Waals surface area (Å²) in [5.41, 5.74) is 0.909. The summed E-state index contributed by atoms with van der Waals surface area (Å²) in [5, 5.41) is 10.5. The molecule has 150 valence electrons. The lowest BCUT2D eigenvalue weighted by molar-refractivity contribution is -0.130. The van der Waals surface area contributed by atoms with Gasteiger partial charge in [-0.25, -0.2) is 0 Å². The average Bonchev–Trinajstić information content (AvgIpc) is 3.36. The number of carbonyl (C=O) groups excluding carboxylic acids is 1. The third-order valence-electron chi connectivity index (χ3n) is 5.80. The molecule has 0 spiro atoms. The summed E-state index contributed by atoms with van der Waals surface area (Å²) in [6.07, 6.45) is 7.01. The predicted molar refractivity (Wildman–Crippen MR) is 114 cm³/mol. The quantitative estimate of drug-likeness (QED) is 0.636. The molecule has 2 heterocycles. The van der Waals surface area contributed by atoms with Crippen LogP contribution >= 0.6 is 23.4 Å². The first-order valence-electron chi connectivity index (χ1n) is 10.2. The van der Waals surface area contributed by atoms with Crippen molar-refractivity contribution < 1.29 is 4.79 Å². The molecule has 1 saturated heterocycles. The molecule has 0 bridgehead atoms. The number of carbonyl (C=O) groups is 1. The van der Waals surface area contributed by atoms with Crippen LogP contribution in [0.5, 0.6) is 0 Å². The van der Waals surface area contributed by atoms with E-state index in [4.69, 9.17) is 11.6 Å². The Morgan fingerprint density at radius 2 is 1.96 bits per heavy atom. The van der Waals surface area contributed by atoms with E-state index in [0.29, 0.717) is 22.7 Å². The molecule has 5 nitrogen and oxygen atoms in total. The fourth-order valence-corrected chi connectivity index (χ4v) is 5.46. The molecule has 1 saturated carbocycles. The van der Waals surface area contributed by atoms with Gasteiger partial charge in [0.15, 0.2) is 11.0 Å². The third kappa shape index (κ3) is 4.23. The molecular formula is C21H27ClN4OS.